The van der Waals surface area contributed by atoms with Crippen molar-refractivity contribution in [1.29, 1.82) is 0 Å². The number of halogens is 3. The smallest absolute Gasteiger partial charge is 0.390 e. The zero-order valence-corrected chi connectivity index (χ0v) is 8.76. The quantitative estimate of drug-likeness (QED) is 0.792. The Morgan fingerprint density at radius 3 is 2.60 bits per heavy atom. The van der Waals surface area contributed by atoms with Crippen LogP contribution in [0.2, 0.25) is 0 Å². The van der Waals surface area contributed by atoms with E-state index in [9.17, 15) is 13.2 Å². The Bertz CT molecular complexity index is 182. The van der Waals surface area contributed by atoms with Crippen LogP contribution in [0, 0.1) is 0 Å². The molecule has 1 atom stereocenters. The second-order valence-electron chi connectivity index (χ2n) is 4.06. The lowest BCUT2D eigenvalue weighted by molar-refractivity contribution is -0.140. The molecular weight excluding hydrogens is 207 g/mol. The van der Waals surface area contributed by atoms with Crippen molar-refractivity contribution in [2.24, 2.45) is 0 Å². The molecule has 1 heterocycles. The Balaban J connectivity index is 2.35. The normalized spacial score (nSPS) is 24.4. The van der Waals surface area contributed by atoms with Crippen molar-refractivity contribution in [3.63, 3.8) is 0 Å². The molecule has 1 aliphatic rings. The van der Waals surface area contributed by atoms with Gasteiger partial charge in [0, 0.05) is 19.2 Å². The molecule has 0 spiro atoms. The van der Waals surface area contributed by atoms with Gasteiger partial charge < -0.3 is 5.11 Å². The van der Waals surface area contributed by atoms with Crippen LogP contribution in [0.3, 0.4) is 0 Å². The minimum Gasteiger partial charge on any atom is -0.396 e. The van der Waals surface area contributed by atoms with Gasteiger partial charge in [-0.15, -0.1) is 0 Å². The van der Waals surface area contributed by atoms with Gasteiger partial charge in [0.1, 0.15) is 0 Å². The van der Waals surface area contributed by atoms with E-state index in [-0.39, 0.29) is 19.2 Å². The van der Waals surface area contributed by atoms with Crippen LogP contribution in [0.15, 0.2) is 0 Å². The third kappa shape index (κ3) is 4.84. The van der Waals surface area contributed by atoms with Gasteiger partial charge in [0.15, 0.2) is 0 Å². The van der Waals surface area contributed by atoms with E-state index < -0.39 is 12.6 Å². The number of aliphatic hydroxyl groups excluding tert-OH is 1. The van der Waals surface area contributed by atoms with Gasteiger partial charge >= 0.3 is 6.18 Å². The van der Waals surface area contributed by atoms with Crippen molar-refractivity contribution < 1.29 is 18.3 Å². The topological polar surface area (TPSA) is 23.5 Å². The molecule has 90 valence electrons. The van der Waals surface area contributed by atoms with E-state index >= 15 is 0 Å². The number of nitrogens with zero attached hydrogens (tertiary/aromatic N) is 1. The Kier molecular flexibility index (Phi) is 4.86. The highest BCUT2D eigenvalue weighted by molar-refractivity contribution is 4.77. The first-order chi connectivity index (χ1) is 7.03. The molecule has 0 aromatic carbocycles. The first-order valence-electron chi connectivity index (χ1n) is 5.44. The Morgan fingerprint density at radius 2 is 2.00 bits per heavy atom. The number of hydrogen-bond acceptors (Lipinski definition) is 2. The number of alkyl halides is 3. The van der Waals surface area contributed by atoms with Crippen molar-refractivity contribution >= 4 is 0 Å². The Morgan fingerprint density at radius 1 is 1.27 bits per heavy atom. The number of hydrogen-bond donors (Lipinski definition) is 1. The predicted octanol–water partition coefficient (Wildman–Crippen LogP) is 2.18. The van der Waals surface area contributed by atoms with Crippen LogP contribution in [0.5, 0.6) is 0 Å². The van der Waals surface area contributed by atoms with Crippen molar-refractivity contribution in [3.05, 3.63) is 0 Å². The van der Waals surface area contributed by atoms with Gasteiger partial charge in [0.05, 0.1) is 6.42 Å². The van der Waals surface area contributed by atoms with Crippen LogP contribution >= 0.6 is 0 Å². The molecule has 0 bridgehead atoms. The number of likely N-dealkylation sites (tertiary alicyclic amines) is 1. The van der Waals surface area contributed by atoms with Crippen molar-refractivity contribution in [3.8, 4) is 0 Å². The minimum absolute atomic E-state index is 0.0627. The third-order valence-electron chi connectivity index (χ3n) is 2.89. The summed E-state index contributed by atoms with van der Waals surface area (Å²) in [7, 11) is 0. The van der Waals surface area contributed by atoms with Gasteiger partial charge in [-0.1, -0.05) is 6.42 Å². The average molecular weight is 225 g/mol. The van der Waals surface area contributed by atoms with E-state index in [1.165, 1.54) is 0 Å². The molecule has 0 aromatic heterocycles. The van der Waals surface area contributed by atoms with Crippen LogP contribution in [0.25, 0.3) is 0 Å². The summed E-state index contributed by atoms with van der Waals surface area (Å²) in [5, 5.41) is 8.82. The summed E-state index contributed by atoms with van der Waals surface area (Å²) in [5.41, 5.74) is 0. The van der Waals surface area contributed by atoms with E-state index in [0.29, 0.717) is 6.42 Å². The maximum Gasteiger partial charge on any atom is 0.390 e. The standard InChI is InChI=1S/C10H18F3NO/c11-10(12,13)5-7-14-6-2-1-3-9(14)4-8-15/h9,15H,1-8H2. The second-order valence-corrected chi connectivity index (χ2v) is 4.06. The molecule has 1 aliphatic heterocycles. The van der Waals surface area contributed by atoms with E-state index in [0.717, 1.165) is 25.8 Å². The van der Waals surface area contributed by atoms with Crippen LogP contribution in [-0.2, 0) is 0 Å². The van der Waals surface area contributed by atoms with E-state index in [4.69, 9.17) is 5.11 Å². The minimum atomic E-state index is -4.07. The summed E-state index contributed by atoms with van der Waals surface area (Å²) >= 11 is 0. The zero-order chi connectivity index (χ0) is 11.3. The monoisotopic (exact) mass is 225 g/mol. The third-order valence-corrected chi connectivity index (χ3v) is 2.89. The van der Waals surface area contributed by atoms with Crippen LogP contribution in [0.1, 0.15) is 32.1 Å². The molecule has 0 radical (unpaired) electrons. The van der Waals surface area contributed by atoms with Gasteiger partial charge in [-0.25, -0.2) is 0 Å². The molecule has 2 nitrogen and oxygen atoms in total. The molecule has 1 saturated heterocycles. The maximum absolute atomic E-state index is 12.0. The molecule has 1 rings (SSSR count). The molecule has 1 unspecified atom stereocenters. The molecular formula is C10H18F3NO. The average Bonchev–Trinajstić information content (AvgIpc) is 2.16. The van der Waals surface area contributed by atoms with E-state index in [1.54, 1.807) is 0 Å². The number of aliphatic hydroxyl groups is 1. The summed E-state index contributed by atoms with van der Waals surface area (Å²) in [6, 6.07) is 0.145. The first-order valence-corrected chi connectivity index (χ1v) is 5.44. The molecule has 15 heavy (non-hydrogen) atoms. The summed E-state index contributed by atoms with van der Waals surface area (Å²) < 4.78 is 36.1. The summed E-state index contributed by atoms with van der Waals surface area (Å²) in [4.78, 5) is 1.87. The fourth-order valence-electron chi connectivity index (χ4n) is 2.10. The van der Waals surface area contributed by atoms with Gasteiger partial charge in [-0.05, 0) is 25.8 Å². The maximum atomic E-state index is 12.0. The summed E-state index contributed by atoms with van der Waals surface area (Å²) in [5.74, 6) is 0. The number of rotatable bonds is 4. The Hall–Kier alpha value is -0.290. The SMILES string of the molecule is OCCC1CCCCN1CCC(F)(F)F. The zero-order valence-electron chi connectivity index (χ0n) is 8.76. The Labute approximate surface area is 88.1 Å². The predicted molar refractivity (Wildman–Crippen MR) is 51.6 cm³/mol. The van der Waals surface area contributed by atoms with Gasteiger partial charge in [-0.3, -0.25) is 4.90 Å². The van der Waals surface area contributed by atoms with Crippen LogP contribution < -0.4 is 0 Å². The molecule has 1 N–H and O–H groups in total. The highest BCUT2D eigenvalue weighted by atomic mass is 19.4. The van der Waals surface area contributed by atoms with Crippen LogP contribution in [0.4, 0.5) is 13.2 Å². The van der Waals surface area contributed by atoms with E-state index in [2.05, 4.69) is 0 Å². The van der Waals surface area contributed by atoms with Crippen molar-refractivity contribution in [1.82, 2.24) is 4.90 Å². The highest BCUT2D eigenvalue weighted by Gasteiger charge is 2.30. The lowest BCUT2D eigenvalue weighted by Gasteiger charge is -2.35. The van der Waals surface area contributed by atoms with Crippen molar-refractivity contribution in [2.75, 3.05) is 19.7 Å². The molecule has 0 amide bonds. The number of piperidine rings is 1. The largest absolute Gasteiger partial charge is 0.396 e. The lowest BCUT2D eigenvalue weighted by atomic mass is 9.99. The lowest BCUT2D eigenvalue weighted by Crippen LogP contribution is -2.41. The molecule has 0 aromatic rings. The molecule has 1 fully saturated rings. The first kappa shape index (κ1) is 12.8. The molecule has 5 heteroatoms. The van der Waals surface area contributed by atoms with Gasteiger partial charge in [-0.2, -0.15) is 13.2 Å². The summed E-state index contributed by atoms with van der Waals surface area (Å²) in [6.45, 7) is 0.877. The van der Waals surface area contributed by atoms with Crippen molar-refractivity contribution in [2.45, 2.75) is 44.3 Å². The van der Waals surface area contributed by atoms with Gasteiger partial charge in [0.25, 0.3) is 0 Å². The molecule has 0 saturated carbocycles. The van der Waals surface area contributed by atoms with Gasteiger partial charge in [0.2, 0.25) is 0 Å². The highest BCUT2D eigenvalue weighted by Crippen LogP contribution is 2.24. The van der Waals surface area contributed by atoms with E-state index in [1.807, 2.05) is 4.90 Å². The molecule has 0 aliphatic carbocycles. The fraction of sp³-hybridized carbons (Fsp3) is 1.00. The fourth-order valence-corrected chi connectivity index (χ4v) is 2.10. The second kappa shape index (κ2) is 5.70. The summed E-state index contributed by atoms with van der Waals surface area (Å²) in [6.07, 6.45) is -1.26. The van der Waals surface area contributed by atoms with Crippen LogP contribution in [-0.4, -0.2) is 41.9 Å².